The molecule has 0 amide bonds. The molecular weight excluding hydrogens is 293 g/mol. The van der Waals surface area contributed by atoms with Crippen LogP contribution in [0.15, 0.2) is 4.99 Å². The second-order valence-corrected chi connectivity index (χ2v) is 4.38. The van der Waals surface area contributed by atoms with Crippen molar-refractivity contribution in [1.82, 2.24) is 5.32 Å². The topological polar surface area (TPSA) is 197 Å². The third-order valence-electron chi connectivity index (χ3n) is 2.64. The van der Waals surface area contributed by atoms with Crippen LogP contribution in [0.2, 0.25) is 0 Å². The Morgan fingerprint density at radius 1 is 1.32 bits per heavy atom. The van der Waals surface area contributed by atoms with Gasteiger partial charge in [0.25, 0.3) is 8.05 Å². The summed E-state index contributed by atoms with van der Waals surface area (Å²) in [5, 5.41) is 26.1. The van der Waals surface area contributed by atoms with Crippen LogP contribution in [0.1, 0.15) is 25.7 Å². The Hall–Kier alpha value is -1.85. The molecule has 0 spiro atoms. The fourth-order valence-corrected chi connectivity index (χ4v) is 1.54. The highest BCUT2D eigenvalue weighted by atomic mass is 16.4. The number of aliphatic carboxylic acids is 2. The highest BCUT2D eigenvalue weighted by molar-refractivity contribution is 5.95. The number of carboxylic acid groups (broad SMARTS) is 2. The van der Waals surface area contributed by atoms with Crippen molar-refractivity contribution in [2.75, 3.05) is 13.1 Å². The normalized spacial score (nSPS) is 17.1. The quantitative estimate of drug-likeness (QED) is 0.118. The molecule has 2 atom stereocenters. The maximum Gasteiger partial charge on any atom is 0.320 e. The van der Waals surface area contributed by atoms with Crippen LogP contribution in [-0.4, -0.2) is 66.4 Å². The van der Waals surface area contributed by atoms with E-state index in [1.165, 1.54) is 0 Å². The number of nitrogens with one attached hydrogen (secondary N) is 1. The zero-order chi connectivity index (χ0) is 17.5. The number of aliphatic imine (C=N–C) groups is 1. The van der Waals surface area contributed by atoms with Crippen molar-refractivity contribution in [3.05, 3.63) is 0 Å². The zero-order valence-electron chi connectivity index (χ0n) is 12.3. The maximum atomic E-state index is 10.2. The standard InChI is InChI=1S/C6H14N4O2.C5H9NO2.BHO/c7-4(5(11)12)2-1-3-10-6(8)9;7-5(8)4-2-1-3-6-4;1-2/h4H,1-3,7H2,(H,11,12)(H4,8,9,10);4,6H,1-3H2,(H,7,8);2H/t;4-;/m.0./s1. The molecule has 1 aliphatic heterocycles. The highest BCUT2D eigenvalue weighted by Crippen LogP contribution is 2.03. The summed E-state index contributed by atoms with van der Waals surface area (Å²) in [5.74, 6) is -1.71. The van der Waals surface area contributed by atoms with Crippen molar-refractivity contribution in [2.45, 2.75) is 37.8 Å². The molecular formula is C11H24BN5O5. The number of carbonyl (C=O) groups is 2. The third kappa shape index (κ3) is 13.2. The van der Waals surface area contributed by atoms with E-state index < -0.39 is 18.0 Å². The number of nitrogens with two attached hydrogens (primary N) is 3. The molecule has 1 rings (SSSR count). The minimum atomic E-state index is -1.00. The number of hydrogen-bond donors (Lipinski definition) is 7. The largest absolute Gasteiger partial charge is 0.480 e. The predicted octanol–water partition coefficient (Wildman–Crippen LogP) is -2.66. The molecule has 0 aromatic heterocycles. The van der Waals surface area contributed by atoms with Gasteiger partial charge in [0.1, 0.15) is 12.1 Å². The number of nitrogens with zero attached hydrogens (tertiary/aromatic N) is 1. The lowest BCUT2D eigenvalue weighted by atomic mass is 10.2. The van der Waals surface area contributed by atoms with Gasteiger partial charge in [0.2, 0.25) is 0 Å². The first-order valence-corrected chi connectivity index (χ1v) is 6.60. The fraction of sp³-hybridized carbons (Fsp3) is 0.727. The lowest BCUT2D eigenvalue weighted by Gasteiger charge is -2.03. The van der Waals surface area contributed by atoms with Gasteiger partial charge >= 0.3 is 11.9 Å². The van der Waals surface area contributed by atoms with Crippen molar-refractivity contribution < 1.29 is 24.8 Å². The van der Waals surface area contributed by atoms with Gasteiger partial charge < -0.3 is 37.8 Å². The summed E-state index contributed by atoms with van der Waals surface area (Å²) in [4.78, 5) is 24.0. The van der Waals surface area contributed by atoms with Crippen molar-refractivity contribution in [3.8, 4) is 0 Å². The van der Waals surface area contributed by atoms with Crippen LogP contribution >= 0.6 is 0 Å². The van der Waals surface area contributed by atoms with E-state index >= 15 is 0 Å². The average molecular weight is 317 g/mol. The SMILES string of the molecule is NC(N)=NCCCC(N)C(=O)O.O=C(O)[C@@H]1CCCN1.[B]O. The zero-order valence-corrected chi connectivity index (χ0v) is 12.3. The van der Waals surface area contributed by atoms with Crippen LogP contribution in [0, 0.1) is 0 Å². The first-order valence-electron chi connectivity index (χ1n) is 6.60. The summed E-state index contributed by atoms with van der Waals surface area (Å²) in [5.41, 5.74) is 15.3. The van der Waals surface area contributed by atoms with E-state index in [2.05, 4.69) is 18.4 Å². The molecule has 0 aromatic carbocycles. The molecule has 22 heavy (non-hydrogen) atoms. The van der Waals surface area contributed by atoms with Crippen molar-refractivity contribution in [1.29, 1.82) is 0 Å². The van der Waals surface area contributed by atoms with Crippen LogP contribution < -0.4 is 22.5 Å². The number of rotatable bonds is 6. The molecule has 10 nitrogen and oxygen atoms in total. The Kier molecular flexibility index (Phi) is 14.4. The molecule has 0 aromatic rings. The minimum Gasteiger partial charge on any atom is -0.480 e. The first kappa shape index (κ1) is 22.4. The maximum absolute atomic E-state index is 10.2. The van der Waals surface area contributed by atoms with E-state index in [1.807, 2.05) is 0 Å². The van der Waals surface area contributed by atoms with E-state index in [0.29, 0.717) is 19.4 Å². The van der Waals surface area contributed by atoms with Crippen LogP contribution in [0.4, 0.5) is 0 Å². The van der Waals surface area contributed by atoms with E-state index in [4.69, 9.17) is 32.4 Å². The summed E-state index contributed by atoms with van der Waals surface area (Å²) in [6.45, 7) is 1.28. The van der Waals surface area contributed by atoms with E-state index in [1.54, 1.807) is 0 Å². The van der Waals surface area contributed by atoms with Crippen molar-refractivity contribution >= 4 is 25.9 Å². The third-order valence-corrected chi connectivity index (χ3v) is 2.64. The summed E-state index contributed by atoms with van der Waals surface area (Å²) >= 11 is 0. The Bertz CT molecular complexity index is 346. The van der Waals surface area contributed by atoms with Crippen molar-refractivity contribution in [3.63, 3.8) is 0 Å². The van der Waals surface area contributed by atoms with Crippen LogP contribution in [-0.2, 0) is 9.59 Å². The predicted molar refractivity (Wildman–Crippen MR) is 82.2 cm³/mol. The fourth-order valence-electron chi connectivity index (χ4n) is 1.54. The molecule has 10 N–H and O–H groups in total. The Morgan fingerprint density at radius 3 is 2.23 bits per heavy atom. The molecule has 0 saturated carbocycles. The first-order chi connectivity index (χ1) is 10.3. The van der Waals surface area contributed by atoms with Crippen LogP contribution in [0.3, 0.4) is 0 Å². The minimum absolute atomic E-state index is 0.0129. The van der Waals surface area contributed by atoms with Gasteiger partial charge in [0.15, 0.2) is 5.96 Å². The highest BCUT2D eigenvalue weighted by Gasteiger charge is 2.20. The van der Waals surface area contributed by atoms with Gasteiger partial charge in [-0.15, -0.1) is 0 Å². The summed E-state index contributed by atoms with van der Waals surface area (Å²) in [6, 6.07) is -1.09. The van der Waals surface area contributed by atoms with Gasteiger partial charge in [-0.25, -0.2) is 0 Å². The Labute approximate surface area is 130 Å². The van der Waals surface area contributed by atoms with Crippen molar-refractivity contribution in [2.24, 2.45) is 22.2 Å². The van der Waals surface area contributed by atoms with E-state index in [0.717, 1.165) is 19.4 Å². The molecule has 1 unspecified atom stereocenters. The molecule has 0 aliphatic carbocycles. The molecule has 0 bridgehead atoms. The number of carboxylic acids is 2. The lowest BCUT2D eigenvalue weighted by molar-refractivity contribution is -0.139. The number of guanidine groups is 1. The van der Waals surface area contributed by atoms with Crippen LogP contribution in [0.25, 0.3) is 0 Å². The van der Waals surface area contributed by atoms with E-state index in [-0.39, 0.29) is 12.0 Å². The van der Waals surface area contributed by atoms with Gasteiger partial charge in [0.05, 0.1) is 0 Å². The Morgan fingerprint density at radius 2 is 1.91 bits per heavy atom. The second-order valence-electron chi connectivity index (χ2n) is 4.38. The average Bonchev–Trinajstić information content (AvgIpc) is 3.00. The van der Waals surface area contributed by atoms with Gasteiger partial charge in [0, 0.05) is 6.54 Å². The molecule has 126 valence electrons. The summed E-state index contributed by atoms with van der Waals surface area (Å²) in [7, 11) is 3.50. The summed E-state index contributed by atoms with van der Waals surface area (Å²) < 4.78 is 0. The molecule has 1 fully saturated rings. The molecule has 2 radical (unpaired) electrons. The molecule has 1 heterocycles. The van der Waals surface area contributed by atoms with E-state index in [9.17, 15) is 9.59 Å². The van der Waals surface area contributed by atoms with Crippen LogP contribution in [0.5, 0.6) is 0 Å². The van der Waals surface area contributed by atoms with Gasteiger partial charge in [-0.2, -0.15) is 0 Å². The smallest absolute Gasteiger partial charge is 0.320 e. The molecule has 11 heteroatoms. The lowest BCUT2D eigenvalue weighted by Crippen LogP contribution is -2.30. The van der Waals surface area contributed by atoms with Gasteiger partial charge in [-0.05, 0) is 32.2 Å². The monoisotopic (exact) mass is 317 g/mol. The molecule has 1 aliphatic rings. The second kappa shape index (κ2) is 14.1. The van der Waals surface area contributed by atoms with Gasteiger partial charge in [-0.1, -0.05) is 0 Å². The molecule has 1 saturated heterocycles. The van der Waals surface area contributed by atoms with Gasteiger partial charge in [-0.3, -0.25) is 14.6 Å². The Balaban J connectivity index is 0. The number of hydrogen-bond acceptors (Lipinski definition) is 6. The summed E-state index contributed by atoms with van der Waals surface area (Å²) in [6.07, 6.45) is 2.74.